The van der Waals surface area contributed by atoms with E-state index in [1.807, 2.05) is 38.1 Å². The molecular formula is C16H23NO3. The molecule has 1 aromatic carbocycles. The van der Waals surface area contributed by atoms with Crippen molar-refractivity contribution in [1.82, 2.24) is 4.90 Å². The average Bonchev–Trinajstić information content (AvgIpc) is 2.45. The Morgan fingerprint density at radius 3 is 2.55 bits per heavy atom. The van der Waals surface area contributed by atoms with Crippen molar-refractivity contribution in [3.05, 3.63) is 35.4 Å². The standard InChI is InChI=1S/C16H23NO3/c1-4-11-17(12-16(19)20-3)15(18)10-9-14-8-6-5-7-13(14)2/h5-8H,4,9-12H2,1-3H3. The number of nitrogens with zero attached hydrogens (tertiary/aromatic N) is 1. The molecule has 0 aliphatic rings. The Hall–Kier alpha value is -1.84. The highest BCUT2D eigenvalue weighted by Crippen LogP contribution is 2.10. The molecule has 1 rings (SSSR count). The highest BCUT2D eigenvalue weighted by atomic mass is 16.5. The third kappa shape index (κ3) is 5.03. The highest BCUT2D eigenvalue weighted by Gasteiger charge is 2.16. The molecule has 110 valence electrons. The van der Waals surface area contributed by atoms with E-state index in [-0.39, 0.29) is 18.4 Å². The zero-order chi connectivity index (χ0) is 15.0. The predicted octanol–water partition coefficient (Wildman–Crippen LogP) is 2.34. The molecule has 0 bridgehead atoms. The molecule has 0 atom stereocenters. The van der Waals surface area contributed by atoms with E-state index in [2.05, 4.69) is 4.74 Å². The summed E-state index contributed by atoms with van der Waals surface area (Å²) in [6, 6.07) is 8.04. The molecule has 0 unspecified atom stereocenters. The first-order valence-electron chi connectivity index (χ1n) is 6.97. The number of methoxy groups -OCH3 is 1. The smallest absolute Gasteiger partial charge is 0.325 e. The molecule has 1 amide bonds. The number of amides is 1. The van der Waals surface area contributed by atoms with Crippen LogP contribution in [0.3, 0.4) is 0 Å². The van der Waals surface area contributed by atoms with Crippen LogP contribution in [0.25, 0.3) is 0 Å². The lowest BCUT2D eigenvalue weighted by Crippen LogP contribution is -2.36. The lowest BCUT2D eigenvalue weighted by Gasteiger charge is -2.20. The van der Waals surface area contributed by atoms with Gasteiger partial charge in [-0.05, 0) is 30.9 Å². The minimum Gasteiger partial charge on any atom is -0.468 e. The van der Waals surface area contributed by atoms with E-state index >= 15 is 0 Å². The molecule has 0 fully saturated rings. The van der Waals surface area contributed by atoms with Crippen molar-refractivity contribution >= 4 is 11.9 Å². The van der Waals surface area contributed by atoms with Crippen molar-refractivity contribution in [1.29, 1.82) is 0 Å². The van der Waals surface area contributed by atoms with Crippen LogP contribution in [0.2, 0.25) is 0 Å². The highest BCUT2D eigenvalue weighted by molar-refractivity contribution is 5.82. The van der Waals surface area contributed by atoms with Gasteiger partial charge in [-0.25, -0.2) is 0 Å². The summed E-state index contributed by atoms with van der Waals surface area (Å²) in [6.45, 7) is 4.65. The SMILES string of the molecule is CCCN(CC(=O)OC)C(=O)CCc1ccccc1C. The van der Waals surface area contributed by atoms with Crippen molar-refractivity contribution in [2.45, 2.75) is 33.1 Å². The molecule has 0 aromatic heterocycles. The number of benzene rings is 1. The molecule has 0 N–H and O–H groups in total. The molecule has 0 saturated carbocycles. The second-order valence-corrected chi connectivity index (χ2v) is 4.82. The van der Waals surface area contributed by atoms with Crippen molar-refractivity contribution in [3.8, 4) is 0 Å². The van der Waals surface area contributed by atoms with Gasteiger partial charge in [0.25, 0.3) is 0 Å². The average molecular weight is 277 g/mol. The topological polar surface area (TPSA) is 46.6 Å². The van der Waals surface area contributed by atoms with E-state index in [9.17, 15) is 9.59 Å². The van der Waals surface area contributed by atoms with Crippen molar-refractivity contribution in [2.24, 2.45) is 0 Å². The summed E-state index contributed by atoms with van der Waals surface area (Å²) in [5.41, 5.74) is 2.37. The number of hydrogen-bond donors (Lipinski definition) is 0. The van der Waals surface area contributed by atoms with Crippen LogP contribution in [0.1, 0.15) is 30.9 Å². The number of hydrogen-bond acceptors (Lipinski definition) is 3. The van der Waals surface area contributed by atoms with Crippen LogP contribution in [0, 0.1) is 6.92 Å². The Labute approximate surface area is 120 Å². The fourth-order valence-corrected chi connectivity index (χ4v) is 2.07. The minimum absolute atomic E-state index is 0.000466. The first kappa shape index (κ1) is 16.2. The Balaban J connectivity index is 2.58. The molecule has 4 heteroatoms. The van der Waals surface area contributed by atoms with Gasteiger partial charge in [-0.2, -0.15) is 0 Å². The molecule has 0 heterocycles. The monoisotopic (exact) mass is 277 g/mol. The Morgan fingerprint density at radius 2 is 1.95 bits per heavy atom. The van der Waals surface area contributed by atoms with Gasteiger partial charge in [-0.3, -0.25) is 9.59 Å². The quantitative estimate of drug-likeness (QED) is 0.719. The number of aryl methyl sites for hydroxylation is 2. The summed E-state index contributed by atoms with van der Waals surface area (Å²) in [5, 5.41) is 0. The first-order valence-corrected chi connectivity index (χ1v) is 6.97. The van der Waals surface area contributed by atoms with Crippen molar-refractivity contribution in [2.75, 3.05) is 20.2 Å². The van der Waals surface area contributed by atoms with Crippen LogP contribution in [-0.4, -0.2) is 37.0 Å². The minimum atomic E-state index is -0.373. The van der Waals surface area contributed by atoms with Gasteiger partial charge in [0.2, 0.25) is 5.91 Å². The van der Waals surface area contributed by atoms with Gasteiger partial charge in [-0.1, -0.05) is 31.2 Å². The fraction of sp³-hybridized carbons (Fsp3) is 0.500. The molecule has 1 aromatic rings. The van der Waals surface area contributed by atoms with Gasteiger partial charge in [0, 0.05) is 13.0 Å². The maximum absolute atomic E-state index is 12.2. The van der Waals surface area contributed by atoms with Crippen molar-refractivity contribution in [3.63, 3.8) is 0 Å². The van der Waals surface area contributed by atoms with Crippen LogP contribution in [0.5, 0.6) is 0 Å². The molecular weight excluding hydrogens is 254 g/mol. The van der Waals surface area contributed by atoms with E-state index in [0.717, 1.165) is 6.42 Å². The molecule has 0 spiro atoms. The van der Waals surface area contributed by atoms with Crippen LogP contribution in [0.15, 0.2) is 24.3 Å². The maximum atomic E-state index is 12.2. The van der Waals surface area contributed by atoms with Gasteiger partial charge in [0.05, 0.1) is 7.11 Å². The Bertz CT molecular complexity index is 457. The zero-order valence-electron chi connectivity index (χ0n) is 12.5. The van der Waals surface area contributed by atoms with Crippen molar-refractivity contribution < 1.29 is 14.3 Å². The third-order valence-electron chi connectivity index (χ3n) is 3.26. The second kappa shape index (κ2) is 8.35. The summed E-state index contributed by atoms with van der Waals surface area (Å²) in [4.78, 5) is 25.1. The molecule has 20 heavy (non-hydrogen) atoms. The third-order valence-corrected chi connectivity index (χ3v) is 3.26. The maximum Gasteiger partial charge on any atom is 0.325 e. The zero-order valence-corrected chi connectivity index (χ0v) is 12.5. The van der Waals surface area contributed by atoms with Crippen LogP contribution < -0.4 is 0 Å². The molecule has 0 aliphatic heterocycles. The van der Waals surface area contributed by atoms with Crippen LogP contribution >= 0.6 is 0 Å². The van der Waals surface area contributed by atoms with Gasteiger partial charge in [0.15, 0.2) is 0 Å². The Kier molecular flexibility index (Phi) is 6.77. The fourth-order valence-electron chi connectivity index (χ4n) is 2.07. The predicted molar refractivity (Wildman–Crippen MR) is 78.4 cm³/mol. The molecule has 0 radical (unpaired) electrons. The number of carbonyl (C=O) groups is 2. The summed E-state index contributed by atoms with van der Waals surface area (Å²) >= 11 is 0. The van der Waals surface area contributed by atoms with Gasteiger partial charge >= 0.3 is 5.97 Å². The van der Waals surface area contributed by atoms with Gasteiger partial charge < -0.3 is 9.64 Å². The summed E-state index contributed by atoms with van der Waals surface area (Å²) in [5.74, 6) is -0.372. The lowest BCUT2D eigenvalue weighted by molar-refractivity contribution is -0.147. The first-order chi connectivity index (χ1) is 9.58. The second-order valence-electron chi connectivity index (χ2n) is 4.82. The van der Waals surface area contributed by atoms with E-state index in [4.69, 9.17) is 0 Å². The number of ether oxygens (including phenoxy) is 1. The normalized spacial score (nSPS) is 10.2. The number of rotatable bonds is 7. The Morgan fingerprint density at radius 1 is 1.25 bits per heavy atom. The van der Waals surface area contributed by atoms with Gasteiger partial charge in [0.1, 0.15) is 6.54 Å². The summed E-state index contributed by atoms with van der Waals surface area (Å²) < 4.78 is 4.63. The largest absolute Gasteiger partial charge is 0.468 e. The van der Waals surface area contributed by atoms with E-state index in [1.165, 1.54) is 18.2 Å². The number of esters is 1. The van der Waals surface area contributed by atoms with Crippen LogP contribution in [0.4, 0.5) is 0 Å². The molecule has 0 saturated heterocycles. The molecule has 0 aliphatic carbocycles. The van der Waals surface area contributed by atoms with Crippen LogP contribution in [-0.2, 0) is 20.7 Å². The van der Waals surface area contributed by atoms with Gasteiger partial charge in [-0.15, -0.1) is 0 Å². The summed E-state index contributed by atoms with van der Waals surface area (Å²) in [7, 11) is 1.34. The number of carbonyl (C=O) groups excluding carboxylic acids is 2. The summed E-state index contributed by atoms with van der Waals surface area (Å²) in [6.07, 6.45) is 1.95. The van der Waals surface area contributed by atoms with E-state index < -0.39 is 0 Å². The van der Waals surface area contributed by atoms with E-state index in [1.54, 1.807) is 4.90 Å². The van der Waals surface area contributed by atoms with E-state index in [0.29, 0.717) is 19.4 Å². The molecule has 4 nitrogen and oxygen atoms in total. The lowest BCUT2D eigenvalue weighted by atomic mass is 10.0.